The van der Waals surface area contributed by atoms with E-state index in [4.69, 9.17) is 4.74 Å². The van der Waals surface area contributed by atoms with Gasteiger partial charge in [-0.25, -0.2) is 4.79 Å². The predicted molar refractivity (Wildman–Crippen MR) is 100 cm³/mol. The monoisotopic (exact) mass is 389 g/mol. The minimum atomic E-state index is -0.431. The number of hydrogen-bond donors (Lipinski definition) is 2. The van der Waals surface area contributed by atoms with Crippen LogP contribution in [0.4, 0.5) is 4.79 Å². The van der Waals surface area contributed by atoms with Gasteiger partial charge in [-0.05, 0) is 12.3 Å². The summed E-state index contributed by atoms with van der Waals surface area (Å²) in [6.07, 6.45) is 3.37. The van der Waals surface area contributed by atoms with Crippen LogP contribution in [0.2, 0.25) is 0 Å². The summed E-state index contributed by atoms with van der Waals surface area (Å²) in [5.41, 5.74) is -0.428. The summed E-state index contributed by atoms with van der Waals surface area (Å²) in [5, 5.41) is 12.7. The van der Waals surface area contributed by atoms with Gasteiger partial charge in [0.05, 0.1) is 18.7 Å². The van der Waals surface area contributed by atoms with Gasteiger partial charge < -0.3 is 25.0 Å². The van der Waals surface area contributed by atoms with Crippen LogP contribution in [0, 0.1) is 5.92 Å². The summed E-state index contributed by atoms with van der Waals surface area (Å²) in [4.78, 5) is 28.5. The van der Waals surface area contributed by atoms with Gasteiger partial charge >= 0.3 is 6.09 Å². The second-order valence-corrected chi connectivity index (χ2v) is 7.79. The van der Waals surface area contributed by atoms with Crippen LogP contribution < -0.4 is 5.32 Å². The summed E-state index contributed by atoms with van der Waals surface area (Å²) >= 11 is 0. The normalized spacial score (nSPS) is 27.8. The lowest BCUT2D eigenvalue weighted by atomic mass is 9.90. The van der Waals surface area contributed by atoms with Gasteiger partial charge in [-0.15, -0.1) is 12.4 Å². The van der Waals surface area contributed by atoms with Crippen LogP contribution in [0.3, 0.4) is 0 Å². The molecule has 0 saturated carbocycles. The molecule has 7 nitrogen and oxygen atoms in total. The Hall–Kier alpha value is -1.05. The number of carbonyl (C=O) groups excluding carboxylic acids is 2. The van der Waals surface area contributed by atoms with Gasteiger partial charge in [-0.3, -0.25) is 4.79 Å². The van der Waals surface area contributed by atoms with Crippen molar-refractivity contribution < 1.29 is 19.4 Å². The molecule has 150 valence electrons. The van der Waals surface area contributed by atoms with Gasteiger partial charge in [0, 0.05) is 39.0 Å². The topological polar surface area (TPSA) is 82.1 Å². The van der Waals surface area contributed by atoms with Crippen LogP contribution in [-0.4, -0.2) is 77.4 Å². The molecule has 2 N–H and O–H groups in total. The molecular weight excluding hydrogens is 358 g/mol. The molecule has 3 rings (SSSR count). The number of halogens is 1. The Morgan fingerprint density at radius 1 is 1.35 bits per heavy atom. The Morgan fingerprint density at radius 2 is 2.00 bits per heavy atom. The number of nitrogens with one attached hydrogen (secondary N) is 1. The van der Waals surface area contributed by atoms with E-state index in [1.54, 1.807) is 0 Å². The Labute approximate surface area is 161 Å². The number of ether oxygens (including phenoxy) is 1. The fourth-order valence-electron chi connectivity index (χ4n) is 4.21. The highest BCUT2D eigenvalue weighted by Gasteiger charge is 2.48. The van der Waals surface area contributed by atoms with E-state index in [-0.39, 0.29) is 30.4 Å². The highest BCUT2D eigenvalue weighted by Crippen LogP contribution is 2.34. The number of nitrogens with zero attached hydrogens (tertiary/aromatic N) is 2. The Morgan fingerprint density at radius 3 is 2.54 bits per heavy atom. The number of piperidine rings is 1. The molecule has 0 bridgehead atoms. The third-order valence-corrected chi connectivity index (χ3v) is 6.07. The molecule has 26 heavy (non-hydrogen) atoms. The van der Waals surface area contributed by atoms with Crippen molar-refractivity contribution in [2.24, 2.45) is 5.92 Å². The van der Waals surface area contributed by atoms with Gasteiger partial charge in [0.15, 0.2) is 0 Å². The molecule has 3 aliphatic rings. The zero-order chi connectivity index (χ0) is 18.0. The second kappa shape index (κ2) is 8.76. The summed E-state index contributed by atoms with van der Waals surface area (Å²) in [6, 6.07) is -0.276. The maximum absolute atomic E-state index is 12.5. The lowest BCUT2D eigenvalue weighted by Gasteiger charge is -2.38. The standard InChI is InChI=1S/C18H31N3O4.ClH/c1-3-13(4-2)11-21-12-18(25-17(21)24)5-7-20(8-6-18)16(23)15-9-14(22)10-19-15;/h13-15,19,22H,3-12H2,1-2H3;1H/t14-,15+;/m1./s1. The van der Waals surface area contributed by atoms with Crippen molar-refractivity contribution in [3.8, 4) is 0 Å². The number of rotatable bonds is 5. The molecule has 3 heterocycles. The molecule has 0 aromatic heterocycles. The lowest BCUT2D eigenvalue weighted by molar-refractivity contribution is -0.136. The largest absolute Gasteiger partial charge is 0.441 e. The fourth-order valence-corrected chi connectivity index (χ4v) is 4.21. The minimum Gasteiger partial charge on any atom is -0.441 e. The summed E-state index contributed by atoms with van der Waals surface area (Å²) < 4.78 is 5.76. The zero-order valence-corrected chi connectivity index (χ0v) is 16.6. The smallest absolute Gasteiger partial charge is 0.410 e. The van der Waals surface area contributed by atoms with E-state index in [2.05, 4.69) is 19.2 Å². The van der Waals surface area contributed by atoms with Crippen LogP contribution in [0.1, 0.15) is 46.0 Å². The number of carbonyl (C=O) groups is 2. The Balaban J connectivity index is 0.00000243. The van der Waals surface area contributed by atoms with E-state index in [1.165, 1.54) is 0 Å². The van der Waals surface area contributed by atoms with E-state index in [0.717, 1.165) is 19.4 Å². The summed E-state index contributed by atoms with van der Waals surface area (Å²) in [7, 11) is 0. The quantitative estimate of drug-likeness (QED) is 0.742. The maximum atomic E-state index is 12.5. The summed E-state index contributed by atoms with van der Waals surface area (Å²) in [6.45, 7) is 7.42. The average Bonchev–Trinajstić information content (AvgIpc) is 3.16. The average molecular weight is 390 g/mol. The van der Waals surface area contributed by atoms with Crippen LogP contribution >= 0.6 is 12.4 Å². The van der Waals surface area contributed by atoms with Gasteiger partial charge in [0.1, 0.15) is 5.60 Å². The van der Waals surface area contributed by atoms with Crippen molar-refractivity contribution in [1.82, 2.24) is 15.1 Å². The number of β-amino-alcohol motifs (C(OH)–C–C–N with tert-alkyl or cyclic N) is 1. The number of aliphatic hydroxyl groups excluding tert-OH is 1. The molecule has 0 unspecified atom stereocenters. The highest BCUT2D eigenvalue weighted by atomic mass is 35.5. The second-order valence-electron chi connectivity index (χ2n) is 7.79. The van der Waals surface area contributed by atoms with Crippen LogP contribution in [-0.2, 0) is 9.53 Å². The Bertz CT molecular complexity index is 507. The molecule has 1 spiro atoms. The molecule has 0 aromatic carbocycles. The number of hydrogen-bond acceptors (Lipinski definition) is 5. The Kier molecular flexibility index (Phi) is 7.16. The number of likely N-dealkylation sites (tertiary alicyclic amines) is 1. The van der Waals surface area contributed by atoms with Crippen molar-refractivity contribution in [2.45, 2.75) is 63.7 Å². The molecule has 0 radical (unpaired) electrons. The number of aliphatic hydroxyl groups is 1. The van der Waals surface area contributed by atoms with E-state index < -0.39 is 11.7 Å². The summed E-state index contributed by atoms with van der Waals surface area (Å²) in [5.74, 6) is 0.578. The first-order valence-corrected chi connectivity index (χ1v) is 9.64. The van der Waals surface area contributed by atoms with Gasteiger partial charge in [-0.1, -0.05) is 26.7 Å². The molecule has 2 atom stereocenters. The van der Waals surface area contributed by atoms with Gasteiger partial charge in [0.2, 0.25) is 5.91 Å². The maximum Gasteiger partial charge on any atom is 0.410 e. The molecule has 3 fully saturated rings. The SMILES string of the molecule is CCC(CC)CN1CC2(CCN(C(=O)[C@@H]3C[C@@H](O)CN3)CC2)OC1=O.Cl. The van der Waals surface area contributed by atoms with E-state index in [0.29, 0.717) is 51.4 Å². The highest BCUT2D eigenvalue weighted by molar-refractivity contribution is 5.85. The van der Waals surface area contributed by atoms with Crippen LogP contribution in [0.5, 0.6) is 0 Å². The van der Waals surface area contributed by atoms with E-state index >= 15 is 0 Å². The molecule has 3 saturated heterocycles. The first kappa shape index (κ1) is 21.3. The molecule has 0 aliphatic carbocycles. The fraction of sp³-hybridized carbons (Fsp3) is 0.889. The van der Waals surface area contributed by atoms with Crippen molar-refractivity contribution in [2.75, 3.05) is 32.7 Å². The van der Waals surface area contributed by atoms with Gasteiger partial charge in [-0.2, -0.15) is 0 Å². The van der Waals surface area contributed by atoms with Crippen molar-refractivity contribution in [1.29, 1.82) is 0 Å². The minimum absolute atomic E-state index is 0. The van der Waals surface area contributed by atoms with Crippen molar-refractivity contribution >= 4 is 24.4 Å². The lowest BCUT2D eigenvalue weighted by Crippen LogP contribution is -2.52. The molecular formula is C18H32ClN3O4. The molecule has 8 heteroatoms. The van der Waals surface area contributed by atoms with E-state index in [9.17, 15) is 14.7 Å². The first-order valence-electron chi connectivity index (χ1n) is 9.64. The molecule has 0 aromatic rings. The zero-order valence-electron chi connectivity index (χ0n) is 15.8. The van der Waals surface area contributed by atoms with Crippen molar-refractivity contribution in [3.63, 3.8) is 0 Å². The van der Waals surface area contributed by atoms with Crippen molar-refractivity contribution in [3.05, 3.63) is 0 Å². The molecule has 2 amide bonds. The van der Waals surface area contributed by atoms with Crippen LogP contribution in [0.25, 0.3) is 0 Å². The van der Waals surface area contributed by atoms with E-state index in [1.807, 2.05) is 9.80 Å². The first-order chi connectivity index (χ1) is 12.0. The molecule has 3 aliphatic heterocycles. The predicted octanol–water partition coefficient (Wildman–Crippen LogP) is 1.38. The van der Waals surface area contributed by atoms with Gasteiger partial charge in [0.25, 0.3) is 0 Å². The third-order valence-electron chi connectivity index (χ3n) is 6.07. The van der Waals surface area contributed by atoms with Crippen LogP contribution in [0.15, 0.2) is 0 Å². The number of amides is 2. The third kappa shape index (κ3) is 4.43.